The Balaban J connectivity index is 2.78. The fourth-order valence-corrected chi connectivity index (χ4v) is 1.26. The average Bonchev–Trinajstić information content (AvgIpc) is 2.15. The van der Waals surface area contributed by atoms with Crippen molar-refractivity contribution in [3.8, 4) is 12.3 Å². The average molecular weight is 239 g/mol. The van der Waals surface area contributed by atoms with E-state index >= 15 is 0 Å². The summed E-state index contributed by atoms with van der Waals surface area (Å²) in [5.74, 6) is 1.82. The Morgan fingerprint density at radius 3 is 2.85 bits per heavy atom. The molecule has 0 aliphatic carbocycles. The SMILES string of the molecule is C#CCOC(=O)c1ccccc1Br. The van der Waals surface area contributed by atoms with Crippen LogP contribution < -0.4 is 0 Å². The lowest BCUT2D eigenvalue weighted by atomic mass is 10.2. The molecule has 1 rings (SSSR count). The van der Waals surface area contributed by atoms with Crippen LogP contribution in [0.1, 0.15) is 10.4 Å². The van der Waals surface area contributed by atoms with Gasteiger partial charge in [-0.25, -0.2) is 4.79 Å². The molecular weight excluding hydrogens is 232 g/mol. The van der Waals surface area contributed by atoms with Crippen LogP contribution in [0.2, 0.25) is 0 Å². The molecule has 0 aliphatic heterocycles. The van der Waals surface area contributed by atoms with Gasteiger partial charge in [-0.05, 0) is 28.1 Å². The highest BCUT2D eigenvalue weighted by atomic mass is 79.9. The molecule has 0 aromatic heterocycles. The van der Waals surface area contributed by atoms with Crippen LogP contribution in [0.4, 0.5) is 0 Å². The van der Waals surface area contributed by atoms with Crippen molar-refractivity contribution in [1.29, 1.82) is 0 Å². The molecule has 0 unspecified atom stereocenters. The van der Waals surface area contributed by atoms with Gasteiger partial charge in [0, 0.05) is 4.47 Å². The monoisotopic (exact) mass is 238 g/mol. The van der Waals surface area contributed by atoms with E-state index in [0.29, 0.717) is 10.0 Å². The van der Waals surface area contributed by atoms with E-state index in [1.54, 1.807) is 18.2 Å². The molecule has 2 nitrogen and oxygen atoms in total. The van der Waals surface area contributed by atoms with Crippen LogP contribution in [0.5, 0.6) is 0 Å². The van der Waals surface area contributed by atoms with Crippen molar-refractivity contribution in [3.05, 3.63) is 34.3 Å². The first kappa shape index (κ1) is 9.82. The van der Waals surface area contributed by atoms with Gasteiger partial charge in [0.25, 0.3) is 0 Å². The van der Waals surface area contributed by atoms with Gasteiger partial charge in [-0.3, -0.25) is 0 Å². The molecule has 0 spiro atoms. The van der Waals surface area contributed by atoms with Crippen LogP contribution in [0.15, 0.2) is 28.7 Å². The number of carbonyl (C=O) groups excluding carboxylic acids is 1. The molecule has 66 valence electrons. The number of carbonyl (C=O) groups is 1. The van der Waals surface area contributed by atoms with E-state index in [2.05, 4.69) is 21.9 Å². The van der Waals surface area contributed by atoms with E-state index in [0.717, 1.165) is 0 Å². The first-order valence-corrected chi connectivity index (χ1v) is 4.40. The molecule has 1 aromatic rings. The van der Waals surface area contributed by atoms with Crippen LogP contribution in [0.25, 0.3) is 0 Å². The highest BCUT2D eigenvalue weighted by Crippen LogP contribution is 2.16. The normalized spacial score (nSPS) is 8.92. The summed E-state index contributed by atoms with van der Waals surface area (Å²) in [4.78, 5) is 11.3. The predicted octanol–water partition coefficient (Wildman–Crippen LogP) is 2.24. The number of benzene rings is 1. The third kappa shape index (κ3) is 2.60. The summed E-state index contributed by atoms with van der Waals surface area (Å²) < 4.78 is 5.46. The fraction of sp³-hybridized carbons (Fsp3) is 0.100. The Morgan fingerprint density at radius 1 is 1.54 bits per heavy atom. The number of rotatable bonds is 2. The number of esters is 1. The van der Waals surface area contributed by atoms with Crippen LogP contribution in [-0.4, -0.2) is 12.6 Å². The molecule has 0 heterocycles. The van der Waals surface area contributed by atoms with Crippen molar-refractivity contribution in [2.75, 3.05) is 6.61 Å². The number of terminal acetylenes is 1. The molecule has 0 aliphatic rings. The molecule has 0 saturated carbocycles. The summed E-state index contributed by atoms with van der Waals surface area (Å²) in [6.45, 7) is 0.000166. The molecule has 0 atom stereocenters. The number of hydrogen-bond donors (Lipinski definition) is 0. The van der Waals surface area contributed by atoms with Crippen molar-refractivity contribution in [3.63, 3.8) is 0 Å². The van der Waals surface area contributed by atoms with Crippen molar-refractivity contribution >= 4 is 21.9 Å². The Labute approximate surface area is 85.0 Å². The first-order chi connectivity index (χ1) is 6.25. The Bertz CT molecular complexity index is 352. The maximum absolute atomic E-state index is 11.3. The lowest BCUT2D eigenvalue weighted by Gasteiger charge is -2.02. The zero-order valence-electron chi connectivity index (χ0n) is 6.79. The summed E-state index contributed by atoms with van der Waals surface area (Å²) >= 11 is 3.24. The molecular formula is C10H7BrO2. The maximum atomic E-state index is 11.3. The summed E-state index contributed by atoms with van der Waals surface area (Å²) in [6, 6.07) is 7.02. The van der Waals surface area contributed by atoms with Gasteiger partial charge in [-0.15, -0.1) is 6.42 Å². The van der Waals surface area contributed by atoms with Gasteiger partial charge in [0.05, 0.1) is 5.56 Å². The van der Waals surface area contributed by atoms with Gasteiger partial charge in [-0.2, -0.15) is 0 Å². The van der Waals surface area contributed by atoms with Crippen LogP contribution in [0.3, 0.4) is 0 Å². The topological polar surface area (TPSA) is 26.3 Å². The van der Waals surface area contributed by atoms with Gasteiger partial charge >= 0.3 is 5.97 Å². The third-order valence-electron chi connectivity index (χ3n) is 1.38. The van der Waals surface area contributed by atoms with E-state index in [-0.39, 0.29) is 6.61 Å². The molecule has 0 fully saturated rings. The van der Waals surface area contributed by atoms with Crippen LogP contribution >= 0.6 is 15.9 Å². The molecule has 0 N–H and O–H groups in total. The summed E-state index contributed by atoms with van der Waals surface area (Å²) in [6.07, 6.45) is 4.95. The second-order valence-corrected chi connectivity index (χ2v) is 3.11. The number of hydrogen-bond acceptors (Lipinski definition) is 2. The van der Waals surface area contributed by atoms with E-state index in [1.807, 2.05) is 6.07 Å². The summed E-state index contributed by atoms with van der Waals surface area (Å²) in [5.41, 5.74) is 0.484. The van der Waals surface area contributed by atoms with E-state index in [1.165, 1.54) is 0 Å². The second kappa shape index (κ2) is 4.68. The molecule has 0 bridgehead atoms. The Kier molecular flexibility index (Phi) is 3.53. The van der Waals surface area contributed by atoms with E-state index in [9.17, 15) is 4.79 Å². The Morgan fingerprint density at radius 2 is 2.23 bits per heavy atom. The van der Waals surface area contributed by atoms with Crippen molar-refractivity contribution in [1.82, 2.24) is 0 Å². The molecule has 0 saturated heterocycles. The second-order valence-electron chi connectivity index (χ2n) is 2.26. The number of ether oxygens (including phenoxy) is 1. The van der Waals surface area contributed by atoms with Gasteiger partial charge < -0.3 is 4.74 Å². The molecule has 13 heavy (non-hydrogen) atoms. The molecule has 3 heteroatoms. The summed E-state index contributed by atoms with van der Waals surface area (Å²) in [7, 11) is 0. The number of halogens is 1. The third-order valence-corrected chi connectivity index (χ3v) is 2.07. The lowest BCUT2D eigenvalue weighted by Crippen LogP contribution is -2.05. The largest absolute Gasteiger partial charge is 0.449 e. The lowest BCUT2D eigenvalue weighted by molar-refractivity contribution is 0.0555. The highest BCUT2D eigenvalue weighted by molar-refractivity contribution is 9.10. The molecule has 0 radical (unpaired) electrons. The van der Waals surface area contributed by atoms with E-state index < -0.39 is 5.97 Å². The molecule has 1 aromatic carbocycles. The Hall–Kier alpha value is -1.27. The highest BCUT2D eigenvalue weighted by Gasteiger charge is 2.08. The van der Waals surface area contributed by atoms with Crippen molar-refractivity contribution in [2.45, 2.75) is 0 Å². The minimum atomic E-state index is -0.412. The van der Waals surface area contributed by atoms with Gasteiger partial charge in [0.2, 0.25) is 0 Å². The smallest absolute Gasteiger partial charge is 0.340 e. The minimum Gasteiger partial charge on any atom is -0.449 e. The van der Waals surface area contributed by atoms with Crippen LogP contribution in [0, 0.1) is 12.3 Å². The van der Waals surface area contributed by atoms with Crippen molar-refractivity contribution < 1.29 is 9.53 Å². The zero-order valence-corrected chi connectivity index (χ0v) is 8.37. The maximum Gasteiger partial charge on any atom is 0.340 e. The fourth-order valence-electron chi connectivity index (χ4n) is 0.812. The van der Waals surface area contributed by atoms with Gasteiger partial charge in [0.15, 0.2) is 6.61 Å². The van der Waals surface area contributed by atoms with Crippen LogP contribution in [-0.2, 0) is 4.74 Å². The van der Waals surface area contributed by atoms with Crippen molar-refractivity contribution in [2.24, 2.45) is 0 Å². The first-order valence-electron chi connectivity index (χ1n) is 3.61. The zero-order chi connectivity index (χ0) is 9.68. The summed E-state index contributed by atoms with van der Waals surface area (Å²) in [5, 5.41) is 0. The van der Waals surface area contributed by atoms with Gasteiger partial charge in [0.1, 0.15) is 0 Å². The predicted molar refractivity (Wildman–Crippen MR) is 53.3 cm³/mol. The quantitative estimate of drug-likeness (QED) is 0.584. The minimum absolute atomic E-state index is 0.000166. The van der Waals surface area contributed by atoms with E-state index in [4.69, 9.17) is 11.2 Å². The molecule has 0 amide bonds. The standard InChI is InChI=1S/C10H7BrO2/c1-2-7-13-10(12)8-5-3-4-6-9(8)11/h1,3-6H,7H2. The van der Waals surface area contributed by atoms with Gasteiger partial charge in [-0.1, -0.05) is 18.1 Å².